The first kappa shape index (κ1) is 21.8. The molecule has 2 fully saturated rings. The number of hydrazine groups is 1. The van der Waals surface area contributed by atoms with Crippen molar-refractivity contribution < 1.29 is 9.59 Å². The fraction of sp³-hybridized carbons (Fsp3) is 0.423. The van der Waals surface area contributed by atoms with Crippen molar-refractivity contribution in [3.8, 4) is 0 Å². The topological polar surface area (TPSA) is 77.6 Å². The molecule has 2 amide bonds. The van der Waals surface area contributed by atoms with E-state index >= 15 is 0 Å². The number of nitrogens with zero attached hydrogens (tertiary/aromatic N) is 3. The summed E-state index contributed by atoms with van der Waals surface area (Å²) in [6.45, 7) is 2.63. The van der Waals surface area contributed by atoms with Gasteiger partial charge in [0.05, 0.1) is 5.92 Å². The number of likely N-dealkylation sites (tertiary alicyclic amines) is 1. The average Bonchev–Trinajstić information content (AvgIpc) is 3.39. The van der Waals surface area contributed by atoms with Crippen molar-refractivity contribution in [2.75, 3.05) is 26.2 Å². The molecule has 33 heavy (non-hydrogen) atoms. The van der Waals surface area contributed by atoms with Gasteiger partial charge in [0.25, 0.3) is 0 Å². The SMILES string of the molecule is O=C(C1CCCN(C(=O)C2CC(c3ccncc3)NN2)C1)N1CC=C(c2ccccc2)CC1. The van der Waals surface area contributed by atoms with Crippen LogP contribution in [0.5, 0.6) is 0 Å². The number of rotatable bonds is 4. The van der Waals surface area contributed by atoms with Crippen LogP contribution in [0.2, 0.25) is 0 Å². The first-order chi connectivity index (χ1) is 16.2. The van der Waals surface area contributed by atoms with Gasteiger partial charge in [0.15, 0.2) is 0 Å². The Hall–Kier alpha value is -3.03. The first-order valence-electron chi connectivity index (χ1n) is 11.9. The summed E-state index contributed by atoms with van der Waals surface area (Å²) in [6, 6.07) is 14.1. The highest BCUT2D eigenvalue weighted by Gasteiger charge is 2.37. The summed E-state index contributed by atoms with van der Waals surface area (Å²) in [5, 5.41) is 0. The van der Waals surface area contributed by atoms with E-state index in [1.165, 1.54) is 11.1 Å². The van der Waals surface area contributed by atoms with Crippen molar-refractivity contribution >= 4 is 17.4 Å². The highest BCUT2D eigenvalue weighted by molar-refractivity contribution is 5.85. The molecular formula is C26H31N5O2. The zero-order chi connectivity index (χ0) is 22.6. The molecule has 1 aromatic carbocycles. The summed E-state index contributed by atoms with van der Waals surface area (Å²) >= 11 is 0. The third-order valence-corrected chi connectivity index (χ3v) is 7.06. The molecule has 2 aromatic rings. The minimum Gasteiger partial charge on any atom is -0.341 e. The smallest absolute Gasteiger partial charge is 0.241 e. The fourth-order valence-electron chi connectivity index (χ4n) is 5.17. The largest absolute Gasteiger partial charge is 0.341 e. The monoisotopic (exact) mass is 445 g/mol. The van der Waals surface area contributed by atoms with Gasteiger partial charge in [-0.25, -0.2) is 10.9 Å². The standard InChI is InChI=1S/C26H31N5O2/c32-25(30-15-10-20(11-16-30)19-5-2-1-3-6-19)22-7-4-14-31(18-22)26(33)24-17-23(28-29-24)21-8-12-27-13-9-21/h1-3,5-6,8-10,12-13,22-24,28-29H,4,7,11,14-18H2. The van der Waals surface area contributed by atoms with Crippen molar-refractivity contribution in [2.45, 2.75) is 37.8 Å². The number of carbonyl (C=O) groups is 2. The summed E-state index contributed by atoms with van der Waals surface area (Å²) in [4.78, 5) is 34.4. The van der Waals surface area contributed by atoms with Crippen LogP contribution in [0.15, 0.2) is 60.9 Å². The lowest BCUT2D eigenvalue weighted by molar-refractivity contribution is -0.141. The number of benzene rings is 1. The van der Waals surface area contributed by atoms with Gasteiger partial charge in [0.2, 0.25) is 11.8 Å². The van der Waals surface area contributed by atoms with Crippen LogP contribution in [0.4, 0.5) is 0 Å². The summed E-state index contributed by atoms with van der Waals surface area (Å²) in [7, 11) is 0. The number of hydrogen-bond donors (Lipinski definition) is 2. The Morgan fingerprint density at radius 1 is 0.939 bits per heavy atom. The molecule has 7 nitrogen and oxygen atoms in total. The zero-order valence-corrected chi connectivity index (χ0v) is 18.8. The molecular weight excluding hydrogens is 414 g/mol. The van der Waals surface area contributed by atoms with Gasteiger partial charge < -0.3 is 9.80 Å². The van der Waals surface area contributed by atoms with Crippen molar-refractivity contribution in [1.82, 2.24) is 25.6 Å². The highest BCUT2D eigenvalue weighted by atomic mass is 16.2. The van der Waals surface area contributed by atoms with E-state index in [4.69, 9.17) is 0 Å². The molecule has 0 bridgehead atoms. The van der Waals surface area contributed by atoms with Crippen LogP contribution < -0.4 is 10.9 Å². The molecule has 0 aliphatic carbocycles. The maximum absolute atomic E-state index is 13.2. The maximum Gasteiger partial charge on any atom is 0.241 e. The molecule has 3 aliphatic heterocycles. The van der Waals surface area contributed by atoms with Crippen LogP contribution in [-0.2, 0) is 9.59 Å². The second-order valence-electron chi connectivity index (χ2n) is 9.16. The molecule has 5 rings (SSSR count). The Morgan fingerprint density at radius 2 is 1.76 bits per heavy atom. The Morgan fingerprint density at radius 3 is 2.52 bits per heavy atom. The van der Waals surface area contributed by atoms with E-state index in [0.717, 1.165) is 37.9 Å². The molecule has 2 saturated heterocycles. The molecule has 1 aromatic heterocycles. The van der Waals surface area contributed by atoms with Crippen LogP contribution in [0.1, 0.15) is 42.9 Å². The zero-order valence-electron chi connectivity index (χ0n) is 18.8. The van der Waals surface area contributed by atoms with Gasteiger partial charge in [0, 0.05) is 44.6 Å². The maximum atomic E-state index is 13.2. The van der Waals surface area contributed by atoms with Gasteiger partial charge in [-0.05, 0) is 54.5 Å². The summed E-state index contributed by atoms with van der Waals surface area (Å²) < 4.78 is 0. The van der Waals surface area contributed by atoms with Gasteiger partial charge in [0.1, 0.15) is 6.04 Å². The van der Waals surface area contributed by atoms with Gasteiger partial charge in [-0.1, -0.05) is 36.4 Å². The molecule has 0 radical (unpaired) electrons. The lowest BCUT2D eigenvalue weighted by atomic mass is 9.93. The van der Waals surface area contributed by atoms with Crippen LogP contribution >= 0.6 is 0 Å². The lowest BCUT2D eigenvalue weighted by Crippen LogP contribution is -2.52. The van der Waals surface area contributed by atoms with E-state index in [9.17, 15) is 9.59 Å². The molecule has 3 atom stereocenters. The minimum atomic E-state index is -0.275. The number of aromatic nitrogens is 1. The molecule has 4 heterocycles. The minimum absolute atomic E-state index is 0.0847. The third kappa shape index (κ3) is 4.84. The van der Waals surface area contributed by atoms with Gasteiger partial charge in [-0.2, -0.15) is 0 Å². The predicted octanol–water partition coefficient (Wildman–Crippen LogP) is 2.54. The van der Waals surface area contributed by atoms with Gasteiger partial charge in [-0.3, -0.25) is 14.6 Å². The summed E-state index contributed by atoms with van der Waals surface area (Å²) in [5.41, 5.74) is 10.1. The number of hydrogen-bond acceptors (Lipinski definition) is 5. The molecule has 0 spiro atoms. The normalized spacial score (nSPS) is 25.6. The first-order valence-corrected chi connectivity index (χ1v) is 11.9. The Labute approximate surface area is 194 Å². The molecule has 0 saturated carbocycles. The van der Waals surface area contributed by atoms with E-state index in [0.29, 0.717) is 19.5 Å². The van der Waals surface area contributed by atoms with E-state index < -0.39 is 0 Å². The van der Waals surface area contributed by atoms with E-state index in [2.05, 4.69) is 46.2 Å². The summed E-state index contributed by atoms with van der Waals surface area (Å²) in [6.07, 6.45) is 9.00. The van der Waals surface area contributed by atoms with Crippen LogP contribution in [-0.4, -0.2) is 58.8 Å². The van der Waals surface area contributed by atoms with E-state index in [-0.39, 0.29) is 29.8 Å². The van der Waals surface area contributed by atoms with Crippen molar-refractivity contribution in [3.63, 3.8) is 0 Å². The molecule has 2 N–H and O–H groups in total. The molecule has 7 heteroatoms. The molecule has 3 aliphatic rings. The number of amides is 2. The number of piperidine rings is 1. The fourth-order valence-corrected chi connectivity index (χ4v) is 5.17. The second-order valence-corrected chi connectivity index (χ2v) is 9.16. The van der Waals surface area contributed by atoms with Crippen LogP contribution in [0, 0.1) is 5.92 Å². The van der Waals surface area contributed by atoms with Crippen molar-refractivity contribution in [1.29, 1.82) is 0 Å². The van der Waals surface area contributed by atoms with Crippen molar-refractivity contribution in [2.24, 2.45) is 5.92 Å². The van der Waals surface area contributed by atoms with Gasteiger partial charge >= 0.3 is 0 Å². The Bertz CT molecular complexity index is 1010. The van der Waals surface area contributed by atoms with E-state index in [1.807, 2.05) is 28.0 Å². The predicted molar refractivity (Wildman–Crippen MR) is 127 cm³/mol. The molecule has 172 valence electrons. The Balaban J connectivity index is 1.17. The Kier molecular flexibility index (Phi) is 6.51. The quantitative estimate of drug-likeness (QED) is 0.756. The van der Waals surface area contributed by atoms with E-state index in [1.54, 1.807) is 12.4 Å². The highest BCUT2D eigenvalue weighted by Crippen LogP contribution is 2.27. The van der Waals surface area contributed by atoms with Crippen LogP contribution in [0.3, 0.4) is 0 Å². The van der Waals surface area contributed by atoms with Crippen LogP contribution in [0.25, 0.3) is 5.57 Å². The number of pyridine rings is 1. The van der Waals surface area contributed by atoms with Gasteiger partial charge in [-0.15, -0.1) is 0 Å². The molecule has 3 unspecified atom stereocenters. The third-order valence-electron chi connectivity index (χ3n) is 7.06. The lowest BCUT2D eigenvalue weighted by Gasteiger charge is -2.36. The number of nitrogens with one attached hydrogen (secondary N) is 2. The van der Waals surface area contributed by atoms with Crippen molar-refractivity contribution in [3.05, 3.63) is 72.1 Å². The average molecular weight is 446 g/mol. The summed E-state index contributed by atoms with van der Waals surface area (Å²) in [5.74, 6) is 0.157. The second kappa shape index (κ2) is 9.85. The number of carbonyl (C=O) groups excluding carboxylic acids is 2.